The molecule has 2 N–H and O–H groups in total. The van der Waals surface area contributed by atoms with Gasteiger partial charge in [-0.05, 0) is 30.5 Å². The van der Waals surface area contributed by atoms with Gasteiger partial charge in [0.25, 0.3) is 0 Å². The van der Waals surface area contributed by atoms with Crippen LogP contribution in [0.25, 0.3) is 0 Å². The van der Waals surface area contributed by atoms with Crippen LogP contribution < -0.4 is 0 Å². The van der Waals surface area contributed by atoms with Crippen molar-refractivity contribution in [3.8, 4) is 0 Å². The van der Waals surface area contributed by atoms with E-state index in [-0.39, 0.29) is 19.0 Å². The minimum absolute atomic E-state index is 0.00402. The largest absolute Gasteiger partial charge is 0.395 e. The third-order valence-corrected chi connectivity index (χ3v) is 4.26. The third-order valence-electron chi connectivity index (χ3n) is 3.23. The van der Waals surface area contributed by atoms with Crippen molar-refractivity contribution in [1.29, 1.82) is 0 Å². The van der Waals surface area contributed by atoms with E-state index in [0.29, 0.717) is 18.4 Å². The summed E-state index contributed by atoms with van der Waals surface area (Å²) in [4.78, 5) is 0. The van der Waals surface area contributed by atoms with E-state index >= 15 is 0 Å². The molecule has 4 nitrogen and oxygen atoms in total. The Hall–Kier alpha value is -0.980. The lowest BCUT2D eigenvalue weighted by Crippen LogP contribution is -2.35. The Balaban J connectivity index is 2.87. The zero-order valence-electron chi connectivity index (χ0n) is 10.8. The lowest BCUT2D eigenvalue weighted by atomic mass is 9.78. The number of hydrogen-bond acceptors (Lipinski definition) is 4. The maximum absolute atomic E-state index is 12.9. The predicted octanol–water partition coefficient (Wildman–Crippen LogP) is 0.873. The van der Waals surface area contributed by atoms with Crippen molar-refractivity contribution in [2.75, 3.05) is 25.2 Å². The van der Waals surface area contributed by atoms with Crippen molar-refractivity contribution in [3.63, 3.8) is 0 Å². The molecule has 0 unspecified atom stereocenters. The highest BCUT2D eigenvalue weighted by atomic mass is 32.2. The molecule has 0 atom stereocenters. The number of benzene rings is 1. The van der Waals surface area contributed by atoms with Crippen LogP contribution in [0.2, 0.25) is 0 Å². The van der Waals surface area contributed by atoms with Gasteiger partial charge in [0.05, 0.1) is 13.2 Å². The van der Waals surface area contributed by atoms with Gasteiger partial charge in [0.1, 0.15) is 15.7 Å². The fourth-order valence-corrected chi connectivity index (χ4v) is 2.68. The Labute approximate surface area is 112 Å². The first-order valence-electron chi connectivity index (χ1n) is 5.98. The molecule has 0 heterocycles. The molecule has 0 saturated heterocycles. The van der Waals surface area contributed by atoms with Gasteiger partial charge in [-0.15, -0.1) is 0 Å². The molecule has 0 aliphatic heterocycles. The highest BCUT2D eigenvalue weighted by Gasteiger charge is 2.30. The molecule has 19 heavy (non-hydrogen) atoms. The molecule has 0 spiro atoms. The number of hydrogen-bond donors (Lipinski definition) is 2. The highest BCUT2D eigenvalue weighted by Crippen LogP contribution is 2.29. The van der Waals surface area contributed by atoms with Gasteiger partial charge < -0.3 is 10.2 Å². The Bertz CT molecular complexity index is 492. The molecule has 1 aromatic carbocycles. The molecule has 108 valence electrons. The maximum Gasteiger partial charge on any atom is 0.147 e. The van der Waals surface area contributed by atoms with Gasteiger partial charge in [-0.25, -0.2) is 12.8 Å². The summed E-state index contributed by atoms with van der Waals surface area (Å²) in [5, 5.41) is 19.1. The number of aliphatic hydroxyl groups excluding tert-OH is 2. The topological polar surface area (TPSA) is 74.6 Å². The fraction of sp³-hybridized carbons (Fsp3) is 0.538. The van der Waals surface area contributed by atoms with E-state index in [9.17, 15) is 23.0 Å². The van der Waals surface area contributed by atoms with Crippen molar-refractivity contribution in [2.45, 2.75) is 18.3 Å². The summed E-state index contributed by atoms with van der Waals surface area (Å²) >= 11 is 0. The second-order valence-corrected chi connectivity index (χ2v) is 7.10. The van der Waals surface area contributed by atoms with E-state index in [1.165, 1.54) is 24.3 Å². The maximum atomic E-state index is 12.9. The standard InChI is InChI=1S/C13H19FO4S/c1-19(17,18)8-2-7-13(9-15,10-16)11-3-5-12(14)6-4-11/h3-6,15-16H,2,7-10H2,1H3. The summed E-state index contributed by atoms with van der Waals surface area (Å²) in [6.07, 6.45) is 1.79. The first kappa shape index (κ1) is 16.1. The van der Waals surface area contributed by atoms with E-state index in [1.54, 1.807) is 0 Å². The second kappa shape index (κ2) is 6.45. The van der Waals surface area contributed by atoms with Crippen molar-refractivity contribution < 1.29 is 23.0 Å². The van der Waals surface area contributed by atoms with Gasteiger partial charge in [0.2, 0.25) is 0 Å². The highest BCUT2D eigenvalue weighted by molar-refractivity contribution is 7.90. The first-order chi connectivity index (χ1) is 8.83. The van der Waals surface area contributed by atoms with Gasteiger partial charge in [-0.2, -0.15) is 0 Å². The van der Waals surface area contributed by atoms with Gasteiger partial charge in [-0.3, -0.25) is 0 Å². The second-order valence-electron chi connectivity index (χ2n) is 4.84. The number of rotatable bonds is 7. The minimum Gasteiger partial charge on any atom is -0.395 e. The van der Waals surface area contributed by atoms with Crippen LogP contribution in [0.5, 0.6) is 0 Å². The normalized spacial score (nSPS) is 12.6. The summed E-state index contributed by atoms with van der Waals surface area (Å²) in [5.74, 6) is -0.402. The molecule has 1 rings (SSSR count). The number of halogens is 1. The van der Waals surface area contributed by atoms with Gasteiger partial charge in [-0.1, -0.05) is 12.1 Å². The summed E-state index contributed by atoms with van der Waals surface area (Å²) in [7, 11) is -3.08. The van der Waals surface area contributed by atoms with E-state index in [4.69, 9.17) is 0 Å². The van der Waals surface area contributed by atoms with E-state index in [1.807, 2.05) is 0 Å². The summed E-state index contributed by atoms with van der Waals surface area (Å²) in [5.41, 5.74) is -0.328. The summed E-state index contributed by atoms with van der Waals surface area (Å²) < 4.78 is 35.1. The lowest BCUT2D eigenvalue weighted by molar-refractivity contribution is 0.109. The van der Waals surface area contributed by atoms with Crippen LogP contribution in [0.3, 0.4) is 0 Å². The molecule has 0 fully saturated rings. The Morgan fingerprint density at radius 3 is 2.11 bits per heavy atom. The zero-order chi connectivity index (χ0) is 14.5. The molecular formula is C13H19FO4S. The lowest BCUT2D eigenvalue weighted by Gasteiger charge is -2.30. The molecule has 0 aliphatic carbocycles. The Morgan fingerprint density at radius 1 is 1.16 bits per heavy atom. The first-order valence-corrected chi connectivity index (χ1v) is 8.04. The molecule has 1 aromatic rings. The van der Waals surface area contributed by atoms with Crippen LogP contribution >= 0.6 is 0 Å². The quantitative estimate of drug-likeness (QED) is 0.781. The molecule has 0 amide bonds. The van der Waals surface area contributed by atoms with Crippen LogP contribution in [0.4, 0.5) is 4.39 Å². The molecule has 0 radical (unpaired) electrons. The minimum atomic E-state index is -3.08. The molecule has 6 heteroatoms. The van der Waals surface area contributed by atoms with Crippen molar-refractivity contribution in [1.82, 2.24) is 0 Å². The molecule has 0 saturated carbocycles. The van der Waals surface area contributed by atoms with E-state index in [2.05, 4.69) is 0 Å². The van der Waals surface area contributed by atoms with Crippen molar-refractivity contribution in [3.05, 3.63) is 35.6 Å². The molecular weight excluding hydrogens is 271 g/mol. The Morgan fingerprint density at radius 2 is 1.68 bits per heavy atom. The number of sulfone groups is 1. The van der Waals surface area contributed by atoms with Crippen molar-refractivity contribution >= 4 is 9.84 Å². The molecule has 0 bridgehead atoms. The van der Waals surface area contributed by atoms with Crippen LogP contribution in [-0.2, 0) is 15.3 Å². The summed E-state index contributed by atoms with van der Waals surface area (Å²) in [6.45, 7) is -0.641. The average molecular weight is 290 g/mol. The van der Waals surface area contributed by atoms with E-state index in [0.717, 1.165) is 6.26 Å². The van der Waals surface area contributed by atoms with Crippen LogP contribution in [0.15, 0.2) is 24.3 Å². The van der Waals surface area contributed by atoms with Crippen LogP contribution in [0, 0.1) is 5.82 Å². The predicted molar refractivity (Wildman–Crippen MR) is 71.2 cm³/mol. The smallest absolute Gasteiger partial charge is 0.147 e. The van der Waals surface area contributed by atoms with Gasteiger partial charge in [0.15, 0.2) is 0 Å². The van der Waals surface area contributed by atoms with Crippen LogP contribution in [-0.4, -0.2) is 43.9 Å². The monoisotopic (exact) mass is 290 g/mol. The fourth-order valence-electron chi connectivity index (χ4n) is 2.01. The molecule has 0 aliphatic rings. The third kappa shape index (κ3) is 4.56. The molecule has 0 aromatic heterocycles. The number of aliphatic hydroxyl groups is 2. The van der Waals surface area contributed by atoms with Crippen molar-refractivity contribution in [2.24, 2.45) is 0 Å². The average Bonchev–Trinajstić information content (AvgIpc) is 2.35. The van der Waals surface area contributed by atoms with Crippen LogP contribution in [0.1, 0.15) is 18.4 Å². The SMILES string of the molecule is CS(=O)(=O)CCCC(CO)(CO)c1ccc(F)cc1. The summed E-state index contributed by atoms with van der Waals surface area (Å²) in [6, 6.07) is 5.52. The Kier molecular flexibility index (Phi) is 5.46. The van der Waals surface area contributed by atoms with Gasteiger partial charge in [0, 0.05) is 17.4 Å². The zero-order valence-corrected chi connectivity index (χ0v) is 11.7. The van der Waals surface area contributed by atoms with E-state index < -0.39 is 21.1 Å². The van der Waals surface area contributed by atoms with Gasteiger partial charge >= 0.3 is 0 Å².